The lowest BCUT2D eigenvalue weighted by Crippen LogP contribution is -2.23. The van der Waals surface area contributed by atoms with Gasteiger partial charge in [-0.1, -0.05) is 6.08 Å². The minimum Gasteiger partial charge on any atom is -0.384 e. The van der Waals surface area contributed by atoms with E-state index >= 15 is 0 Å². The molecule has 4 heteroatoms. The molecule has 0 aliphatic carbocycles. The minimum absolute atomic E-state index is 0.00292. The summed E-state index contributed by atoms with van der Waals surface area (Å²) in [6, 6.07) is 0. The lowest BCUT2D eigenvalue weighted by atomic mass is 10.2. The molecule has 0 heterocycles. The largest absolute Gasteiger partial charge is 0.384 e. The highest BCUT2D eigenvalue weighted by Crippen LogP contribution is 1.88. The first-order chi connectivity index (χ1) is 4.72. The van der Waals surface area contributed by atoms with Crippen molar-refractivity contribution in [3.63, 3.8) is 0 Å². The first kappa shape index (κ1) is 8.68. The normalized spacial score (nSPS) is 10.7. The molecule has 0 unspecified atom stereocenters. The van der Waals surface area contributed by atoms with E-state index in [1.54, 1.807) is 13.0 Å². The Morgan fingerprint density at radius 3 is 2.70 bits per heavy atom. The Morgan fingerprint density at radius 2 is 2.40 bits per heavy atom. The van der Waals surface area contributed by atoms with E-state index in [1.807, 2.05) is 0 Å². The Bertz CT molecular complexity index is 162. The highest BCUT2D eigenvalue weighted by atomic mass is 16.1. The van der Waals surface area contributed by atoms with Gasteiger partial charge in [-0.25, -0.2) is 0 Å². The standard InChI is InChI=1S/C6H11N3O/c1-2-5(6(7)8)3-9-4-10/h2,4H,3H2,1H3,(H3,7,8)(H,9,10)/b5-2-. The third-order valence-corrected chi connectivity index (χ3v) is 1.07. The topological polar surface area (TPSA) is 79.0 Å². The van der Waals surface area contributed by atoms with Gasteiger partial charge in [0.15, 0.2) is 0 Å². The van der Waals surface area contributed by atoms with Crippen molar-refractivity contribution in [2.45, 2.75) is 6.92 Å². The van der Waals surface area contributed by atoms with Gasteiger partial charge in [-0.2, -0.15) is 0 Å². The molecule has 0 rings (SSSR count). The van der Waals surface area contributed by atoms with Crippen molar-refractivity contribution in [1.29, 1.82) is 5.41 Å². The molecule has 0 fully saturated rings. The SMILES string of the molecule is C/C=C(/CNC=O)C(=N)N. The Morgan fingerprint density at radius 1 is 1.80 bits per heavy atom. The van der Waals surface area contributed by atoms with Crippen LogP contribution in [0.4, 0.5) is 0 Å². The summed E-state index contributed by atoms with van der Waals surface area (Å²) >= 11 is 0. The molecule has 0 aromatic carbocycles. The molecule has 4 nitrogen and oxygen atoms in total. The van der Waals surface area contributed by atoms with Crippen molar-refractivity contribution in [2.75, 3.05) is 6.54 Å². The molecule has 0 spiro atoms. The smallest absolute Gasteiger partial charge is 0.207 e. The molecule has 0 aliphatic rings. The average molecular weight is 141 g/mol. The van der Waals surface area contributed by atoms with E-state index in [4.69, 9.17) is 11.1 Å². The van der Waals surface area contributed by atoms with Crippen LogP contribution in [0.5, 0.6) is 0 Å². The molecular formula is C6H11N3O. The van der Waals surface area contributed by atoms with Crippen molar-refractivity contribution >= 4 is 12.2 Å². The number of rotatable bonds is 4. The van der Waals surface area contributed by atoms with Gasteiger partial charge in [0, 0.05) is 12.1 Å². The first-order valence-electron chi connectivity index (χ1n) is 2.89. The van der Waals surface area contributed by atoms with Crippen LogP contribution in [-0.4, -0.2) is 18.8 Å². The molecule has 4 N–H and O–H groups in total. The van der Waals surface area contributed by atoms with Crippen molar-refractivity contribution in [3.8, 4) is 0 Å². The molecule has 56 valence electrons. The van der Waals surface area contributed by atoms with E-state index in [0.717, 1.165) is 0 Å². The zero-order valence-corrected chi connectivity index (χ0v) is 5.85. The average Bonchev–Trinajstić information content (AvgIpc) is 1.89. The Balaban J connectivity index is 3.85. The summed E-state index contributed by atoms with van der Waals surface area (Å²) in [5, 5.41) is 9.39. The van der Waals surface area contributed by atoms with Crippen LogP contribution >= 0.6 is 0 Å². The van der Waals surface area contributed by atoms with Gasteiger partial charge in [0.25, 0.3) is 0 Å². The van der Waals surface area contributed by atoms with Crippen LogP contribution in [0.25, 0.3) is 0 Å². The van der Waals surface area contributed by atoms with Gasteiger partial charge in [0.05, 0.1) is 0 Å². The van der Waals surface area contributed by atoms with E-state index in [0.29, 0.717) is 18.5 Å². The lowest BCUT2D eigenvalue weighted by molar-refractivity contribution is -0.109. The van der Waals surface area contributed by atoms with Gasteiger partial charge in [0.2, 0.25) is 6.41 Å². The van der Waals surface area contributed by atoms with Gasteiger partial charge < -0.3 is 11.1 Å². The number of carbonyl (C=O) groups excluding carboxylic acids is 1. The molecule has 0 saturated heterocycles. The fourth-order valence-electron chi connectivity index (χ4n) is 0.504. The first-order valence-corrected chi connectivity index (χ1v) is 2.89. The van der Waals surface area contributed by atoms with Gasteiger partial charge in [0.1, 0.15) is 5.84 Å². The van der Waals surface area contributed by atoms with Crippen LogP contribution in [0.2, 0.25) is 0 Å². The number of amidine groups is 1. The predicted molar refractivity (Wildman–Crippen MR) is 39.7 cm³/mol. The molecule has 0 atom stereocenters. The van der Waals surface area contributed by atoms with Gasteiger partial charge in [-0.05, 0) is 6.92 Å². The number of hydrogen-bond acceptors (Lipinski definition) is 2. The number of nitrogens with two attached hydrogens (primary N) is 1. The van der Waals surface area contributed by atoms with Crippen molar-refractivity contribution in [2.24, 2.45) is 5.73 Å². The minimum atomic E-state index is -0.00292. The molecule has 1 amide bonds. The zero-order valence-electron chi connectivity index (χ0n) is 5.85. The molecule has 0 saturated carbocycles. The van der Waals surface area contributed by atoms with Gasteiger partial charge in [-0.3, -0.25) is 10.2 Å². The summed E-state index contributed by atoms with van der Waals surface area (Å²) in [4.78, 5) is 9.80. The summed E-state index contributed by atoms with van der Waals surface area (Å²) in [7, 11) is 0. The summed E-state index contributed by atoms with van der Waals surface area (Å²) in [6.07, 6.45) is 2.27. The Labute approximate surface area is 59.6 Å². The monoisotopic (exact) mass is 141 g/mol. The van der Waals surface area contributed by atoms with Crippen LogP contribution < -0.4 is 11.1 Å². The van der Waals surface area contributed by atoms with Crippen molar-refractivity contribution in [3.05, 3.63) is 11.6 Å². The van der Waals surface area contributed by atoms with Crippen LogP contribution in [-0.2, 0) is 4.79 Å². The molecule has 0 radical (unpaired) electrons. The van der Waals surface area contributed by atoms with Crippen LogP contribution in [0.1, 0.15) is 6.92 Å². The van der Waals surface area contributed by atoms with E-state index in [9.17, 15) is 4.79 Å². The maximum Gasteiger partial charge on any atom is 0.207 e. The molecule has 10 heavy (non-hydrogen) atoms. The number of hydrogen-bond donors (Lipinski definition) is 3. The Kier molecular flexibility index (Phi) is 3.95. The summed E-state index contributed by atoms with van der Waals surface area (Å²) in [5.41, 5.74) is 5.78. The predicted octanol–water partition coefficient (Wildman–Crippen LogP) is -0.385. The summed E-state index contributed by atoms with van der Waals surface area (Å²) < 4.78 is 0. The molecule has 0 aromatic rings. The van der Waals surface area contributed by atoms with E-state index in [-0.39, 0.29) is 5.84 Å². The van der Waals surface area contributed by atoms with E-state index < -0.39 is 0 Å². The molecule has 0 aliphatic heterocycles. The van der Waals surface area contributed by atoms with Gasteiger partial charge >= 0.3 is 0 Å². The lowest BCUT2D eigenvalue weighted by Gasteiger charge is -2.01. The fraction of sp³-hybridized carbons (Fsp3) is 0.333. The number of amides is 1. The summed E-state index contributed by atoms with van der Waals surface area (Å²) in [6.45, 7) is 2.10. The number of carbonyl (C=O) groups is 1. The van der Waals surface area contributed by atoms with Gasteiger partial charge in [-0.15, -0.1) is 0 Å². The quantitative estimate of drug-likeness (QED) is 0.283. The maximum absolute atomic E-state index is 9.80. The fourth-order valence-corrected chi connectivity index (χ4v) is 0.504. The van der Waals surface area contributed by atoms with Crippen LogP contribution in [0, 0.1) is 5.41 Å². The third kappa shape index (κ3) is 2.86. The van der Waals surface area contributed by atoms with Crippen molar-refractivity contribution in [1.82, 2.24) is 5.32 Å². The number of allylic oxidation sites excluding steroid dienone is 1. The zero-order chi connectivity index (χ0) is 7.98. The molecule has 0 aromatic heterocycles. The second-order valence-corrected chi connectivity index (χ2v) is 1.73. The highest BCUT2D eigenvalue weighted by molar-refractivity contribution is 5.94. The van der Waals surface area contributed by atoms with Crippen LogP contribution in [0.15, 0.2) is 11.6 Å². The van der Waals surface area contributed by atoms with Crippen molar-refractivity contribution < 1.29 is 4.79 Å². The molecular weight excluding hydrogens is 130 g/mol. The Hall–Kier alpha value is -1.32. The number of nitrogens with one attached hydrogen (secondary N) is 2. The highest BCUT2D eigenvalue weighted by Gasteiger charge is 1.96. The van der Waals surface area contributed by atoms with Crippen LogP contribution in [0.3, 0.4) is 0 Å². The molecule has 0 bridgehead atoms. The second kappa shape index (κ2) is 4.55. The maximum atomic E-state index is 9.80. The third-order valence-electron chi connectivity index (χ3n) is 1.07. The summed E-state index contributed by atoms with van der Waals surface area (Å²) in [5.74, 6) is -0.00292. The van der Waals surface area contributed by atoms with E-state index in [2.05, 4.69) is 5.32 Å². The second-order valence-electron chi connectivity index (χ2n) is 1.73. The van der Waals surface area contributed by atoms with E-state index in [1.165, 1.54) is 0 Å².